The first kappa shape index (κ1) is 18.0. The number of benzene rings is 2. The molecule has 2 aromatic rings. The Kier molecular flexibility index (Phi) is 4.46. The number of fused-ring (bicyclic) bond motifs is 3. The summed E-state index contributed by atoms with van der Waals surface area (Å²) < 4.78 is 5.46. The molecule has 2 aliphatic rings. The van der Waals surface area contributed by atoms with Crippen molar-refractivity contribution in [1.29, 1.82) is 0 Å². The zero-order valence-corrected chi connectivity index (χ0v) is 14.9. The molecule has 1 heterocycles. The maximum atomic E-state index is 12.4. The van der Waals surface area contributed by atoms with Crippen molar-refractivity contribution in [2.75, 3.05) is 13.2 Å². The lowest BCUT2D eigenvalue weighted by atomic mass is 9.98. The quantitative estimate of drug-likeness (QED) is 0.641. The summed E-state index contributed by atoms with van der Waals surface area (Å²) in [5, 5.41) is 20.4. The average molecular weight is 382 g/mol. The monoisotopic (exact) mass is 382 g/mol. The third-order valence-electron chi connectivity index (χ3n) is 5.39. The van der Waals surface area contributed by atoms with Gasteiger partial charge in [-0.3, -0.25) is 15.0 Å². The van der Waals surface area contributed by atoms with E-state index in [0.29, 0.717) is 19.4 Å². The number of non-ortho nitro benzene ring substituents is 1. The largest absolute Gasteiger partial charge is 0.480 e. The Hall–Kier alpha value is -3.42. The van der Waals surface area contributed by atoms with Gasteiger partial charge in [-0.25, -0.2) is 9.59 Å². The highest BCUT2D eigenvalue weighted by atomic mass is 16.6. The molecule has 0 saturated carbocycles. The van der Waals surface area contributed by atoms with E-state index in [0.717, 1.165) is 22.3 Å². The van der Waals surface area contributed by atoms with Crippen LogP contribution in [0.1, 0.15) is 29.9 Å². The molecular weight excluding hydrogens is 364 g/mol. The first-order valence-corrected chi connectivity index (χ1v) is 9.01. The van der Waals surface area contributed by atoms with Crippen molar-refractivity contribution < 1.29 is 24.4 Å². The Bertz CT molecular complexity index is 973. The number of carbonyl (C=O) groups is 2. The highest BCUT2D eigenvalue weighted by Crippen LogP contribution is 2.46. The van der Waals surface area contributed by atoms with Crippen LogP contribution in [0, 0.1) is 10.1 Å². The van der Waals surface area contributed by atoms with Gasteiger partial charge in [0.25, 0.3) is 5.69 Å². The van der Waals surface area contributed by atoms with Crippen molar-refractivity contribution in [3.8, 4) is 11.1 Å². The number of ether oxygens (including phenoxy) is 1. The van der Waals surface area contributed by atoms with Crippen molar-refractivity contribution in [3.63, 3.8) is 0 Å². The molecule has 4 rings (SSSR count). The molecule has 1 amide bonds. The van der Waals surface area contributed by atoms with Gasteiger partial charge in [0.2, 0.25) is 0 Å². The Labute approximate surface area is 160 Å². The Morgan fingerprint density at radius 2 is 1.93 bits per heavy atom. The minimum Gasteiger partial charge on any atom is -0.480 e. The molecule has 8 nitrogen and oxygen atoms in total. The summed E-state index contributed by atoms with van der Waals surface area (Å²) in [6.07, 6.45) is 0.361. The van der Waals surface area contributed by atoms with E-state index in [1.807, 2.05) is 24.3 Å². The van der Waals surface area contributed by atoms with Gasteiger partial charge in [0.1, 0.15) is 12.6 Å². The Morgan fingerprint density at radius 1 is 1.18 bits per heavy atom. The number of likely N-dealkylation sites (tertiary alicyclic amines) is 1. The van der Waals surface area contributed by atoms with E-state index in [1.54, 1.807) is 6.07 Å². The summed E-state index contributed by atoms with van der Waals surface area (Å²) in [6, 6.07) is 11.4. The van der Waals surface area contributed by atoms with Crippen LogP contribution in [0.5, 0.6) is 0 Å². The van der Waals surface area contributed by atoms with Gasteiger partial charge in [0, 0.05) is 24.6 Å². The van der Waals surface area contributed by atoms with E-state index < -0.39 is 23.0 Å². The molecule has 2 aromatic carbocycles. The zero-order valence-electron chi connectivity index (χ0n) is 14.9. The lowest BCUT2D eigenvalue weighted by molar-refractivity contribution is -0.384. The van der Waals surface area contributed by atoms with Crippen LogP contribution in [0.2, 0.25) is 0 Å². The van der Waals surface area contributed by atoms with Crippen LogP contribution in [-0.2, 0) is 9.53 Å². The summed E-state index contributed by atoms with van der Waals surface area (Å²) in [5.41, 5.74) is 3.49. The summed E-state index contributed by atoms with van der Waals surface area (Å²) in [5.74, 6) is -1.37. The van der Waals surface area contributed by atoms with Gasteiger partial charge in [-0.15, -0.1) is 0 Å². The van der Waals surface area contributed by atoms with Crippen molar-refractivity contribution in [2.24, 2.45) is 0 Å². The fourth-order valence-electron chi connectivity index (χ4n) is 4.07. The van der Waals surface area contributed by atoms with E-state index in [4.69, 9.17) is 4.74 Å². The molecule has 144 valence electrons. The second-order valence-corrected chi connectivity index (χ2v) is 6.94. The second kappa shape index (κ2) is 6.95. The number of aliphatic carboxylic acids is 1. The van der Waals surface area contributed by atoms with Crippen LogP contribution in [0.3, 0.4) is 0 Å². The predicted octanol–water partition coefficient (Wildman–Crippen LogP) is 3.39. The maximum absolute atomic E-state index is 12.4. The van der Waals surface area contributed by atoms with Crippen LogP contribution < -0.4 is 0 Å². The summed E-state index contributed by atoms with van der Waals surface area (Å²) in [7, 11) is 0. The van der Waals surface area contributed by atoms with Crippen molar-refractivity contribution in [2.45, 2.75) is 24.8 Å². The van der Waals surface area contributed by atoms with Gasteiger partial charge in [-0.1, -0.05) is 24.3 Å². The number of nitro benzene ring substituents is 1. The van der Waals surface area contributed by atoms with Gasteiger partial charge in [-0.2, -0.15) is 0 Å². The van der Waals surface area contributed by atoms with Crippen LogP contribution in [0.15, 0.2) is 42.5 Å². The SMILES string of the molecule is O=C(O)[C@@H]1CCCN1C(=O)OCC1c2ccccc2-c2ccc([N+](=O)[O-])cc21. The van der Waals surface area contributed by atoms with Crippen LogP contribution >= 0.6 is 0 Å². The molecule has 2 atom stereocenters. The molecule has 0 radical (unpaired) electrons. The second-order valence-electron chi connectivity index (χ2n) is 6.94. The highest BCUT2D eigenvalue weighted by Gasteiger charge is 2.36. The predicted molar refractivity (Wildman–Crippen MR) is 99.1 cm³/mol. The fraction of sp³-hybridized carbons (Fsp3) is 0.300. The van der Waals surface area contributed by atoms with Crippen molar-refractivity contribution >= 4 is 17.7 Å². The average Bonchev–Trinajstić information content (AvgIpc) is 3.29. The number of nitrogens with zero attached hydrogens (tertiary/aromatic N) is 2. The topological polar surface area (TPSA) is 110 Å². The van der Waals surface area contributed by atoms with E-state index in [9.17, 15) is 24.8 Å². The molecule has 0 aromatic heterocycles. The van der Waals surface area contributed by atoms with Crippen molar-refractivity contribution in [3.05, 3.63) is 63.7 Å². The van der Waals surface area contributed by atoms with E-state index in [1.165, 1.54) is 17.0 Å². The molecule has 1 aliphatic heterocycles. The third-order valence-corrected chi connectivity index (χ3v) is 5.39. The molecule has 8 heteroatoms. The number of carboxylic acids is 1. The number of carboxylic acid groups (broad SMARTS) is 1. The fourth-order valence-corrected chi connectivity index (χ4v) is 4.07. The molecule has 28 heavy (non-hydrogen) atoms. The van der Waals surface area contributed by atoms with Gasteiger partial charge >= 0.3 is 12.1 Å². The molecule has 0 spiro atoms. The van der Waals surface area contributed by atoms with Crippen LogP contribution in [0.25, 0.3) is 11.1 Å². The minimum atomic E-state index is -1.04. The molecule has 1 saturated heterocycles. The number of hydrogen-bond donors (Lipinski definition) is 1. The molecule has 1 unspecified atom stereocenters. The van der Waals surface area contributed by atoms with E-state index in [2.05, 4.69) is 0 Å². The molecule has 1 aliphatic carbocycles. The number of amides is 1. The lowest BCUT2D eigenvalue weighted by Crippen LogP contribution is -2.41. The first-order valence-electron chi connectivity index (χ1n) is 9.01. The smallest absolute Gasteiger partial charge is 0.410 e. The number of rotatable bonds is 4. The highest BCUT2D eigenvalue weighted by molar-refractivity contribution is 5.82. The molecule has 1 fully saturated rings. The third kappa shape index (κ3) is 2.96. The summed E-state index contributed by atoms with van der Waals surface area (Å²) >= 11 is 0. The maximum Gasteiger partial charge on any atom is 0.410 e. The molecule has 0 bridgehead atoms. The number of hydrogen-bond acceptors (Lipinski definition) is 5. The van der Waals surface area contributed by atoms with Gasteiger partial charge in [-0.05, 0) is 41.2 Å². The standard InChI is InChI=1S/C20H18N2O6/c23-19(24)18-6-3-9-21(18)20(25)28-11-17-14-5-2-1-4-13(14)15-8-7-12(22(26)27)10-16(15)17/h1-2,4-5,7-8,10,17-18H,3,6,9,11H2,(H,23,24)/t17?,18-/m0/s1. The molecular formula is C20H18N2O6. The van der Waals surface area contributed by atoms with E-state index >= 15 is 0 Å². The van der Waals surface area contributed by atoms with Gasteiger partial charge in [0.15, 0.2) is 0 Å². The lowest BCUT2D eigenvalue weighted by Gasteiger charge is -2.22. The summed E-state index contributed by atoms with van der Waals surface area (Å²) in [6.45, 7) is 0.339. The van der Waals surface area contributed by atoms with Gasteiger partial charge in [0.05, 0.1) is 4.92 Å². The van der Waals surface area contributed by atoms with Crippen molar-refractivity contribution in [1.82, 2.24) is 4.90 Å². The summed E-state index contributed by atoms with van der Waals surface area (Å²) in [4.78, 5) is 35.7. The Morgan fingerprint density at radius 3 is 2.68 bits per heavy atom. The van der Waals surface area contributed by atoms with E-state index in [-0.39, 0.29) is 18.2 Å². The van der Waals surface area contributed by atoms with Crippen LogP contribution in [-0.4, -0.2) is 46.2 Å². The number of nitro groups is 1. The Balaban J connectivity index is 1.59. The first-order chi connectivity index (χ1) is 13.5. The van der Waals surface area contributed by atoms with Crippen LogP contribution in [0.4, 0.5) is 10.5 Å². The number of carbonyl (C=O) groups excluding carboxylic acids is 1. The normalized spacial score (nSPS) is 19.8. The van der Waals surface area contributed by atoms with Gasteiger partial charge < -0.3 is 9.84 Å². The molecule has 1 N–H and O–H groups in total. The zero-order chi connectivity index (χ0) is 19.8. The minimum absolute atomic E-state index is 0.00709.